The second-order valence-corrected chi connectivity index (χ2v) is 6.46. The van der Waals surface area contributed by atoms with Crippen LogP contribution in [0, 0.1) is 11.7 Å². The molecule has 2 aromatic rings. The van der Waals surface area contributed by atoms with Crippen molar-refractivity contribution < 1.29 is 9.18 Å². The average Bonchev–Trinajstić information content (AvgIpc) is 3.03. The topological polar surface area (TPSA) is 66.9 Å². The molecular formula is C16H19FN4OS. The lowest BCUT2D eigenvalue weighted by Crippen LogP contribution is -2.28. The third-order valence-electron chi connectivity index (χ3n) is 4.01. The number of hydrogen-bond donors (Lipinski definition) is 2. The molecule has 7 heteroatoms. The van der Waals surface area contributed by atoms with Crippen LogP contribution in [0.5, 0.6) is 0 Å². The van der Waals surface area contributed by atoms with Gasteiger partial charge < -0.3 is 10.6 Å². The molecule has 1 aromatic heterocycles. The standard InChI is InChI=1S/C16H19FN4OS/c17-13-4-2-12(3-5-13)15-20-16(23-21-15)19-14(22)6-1-11-7-9-18-10-8-11/h2-5,11,18H,1,6-10H2,(H,19,20,21,22). The number of anilines is 1. The van der Waals surface area contributed by atoms with E-state index in [-0.39, 0.29) is 11.7 Å². The minimum Gasteiger partial charge on any atom is -0.317 e. The lowest BCUT2D eigenvalue weighted by molar-refractivity contribution is -0.116. The second-order valence-electron chi connectivity index (χ2n) is 5.71. The Morgan fingerprint density at radius 3 is 2.78 bits per heavy atom. The van der Waals surface area contributed by atoms with Gasteiger partial charge in [0, 0.05) is 23.5 Å². The van der Waals surface area contributed by atoms with Crippen LogP contribution in [0.15, 0.2) is 24.3 Å². The highest BCUT2D eigenvalue weighted by Crippen LogP contribution is 2.22. The molecule has 0 atom stereocenters. The number of nitrogens with one attached hydrogen (secondary N) is 2. The summed E-state index contributed by atoms with van der Waals surface area (Å²) < 4.78 is 17.1. The summed E-state index contributed by atoms with van der Waals surface area (Å²) in [6, 6.07) is 5.99. The largest absolute Gasteiger partial charge is 0.317 e. The van der Waals surface area contributed by atoms with Crippen LogP contribution in [-0.2, 0) is 4.79 Å². The molecule has 0 aliphatic carbocycles. The van der Waals surface area contributed by atoms with Crippen molar-refractivity contribution in [2.24, 2.45) is 5.92 Å². The van der Waals surface area contributed by atoms with Gasteiger partial charge >= 0.3 is 0 Å². The highest BCUT2D eigenvalue weighted by Gasteiger charge is 2.15. The third-order valence-corrected chi connectivity index (χ3v) is 4.64. The Balaban J connectivity index is 1.51. The molecule has 23 heavy (non-hydrogen) atoms. The first-order valence-corrected chi connectivity index (χ1v) is 8.58. The van der Waals surface area contributed by atoms with Gasteiger partial charge in [-0.2, -0.15) is 9.36 Å². The SMILES string of the molecule is O=C(CCC1CCNCC1)Nc1nc(-c2ccc(F)cc2)ns1. The van der Waals surface area contributed by atoms with Crippen molar-refractivity contribution in [1.29, 1.82) is 0 Å². The summed E-state index contributed by atoms with van der Waals surface area (Å²) in [6.07, 6.45) is 3.70. The molecule has 0 radical (unpaired) electrons. The van der Waals surface area contributed by atoms with E-state index in [4.69, 9.17) is 0 Å². The summed E-state index contributed by atoms with van der Waals surface area (Å²) in [5.41, 5.74) is 0.734. The number of carbonyl (C=O) groups excluding carboxylic acids is 1. The lowest BCUT2D eigenvalue weighted by Gasteiger charge is -2.21. The molecule has 1 aliphatic rings. The lowest BCUT2D eigenvalue weighted by atomic mass is 9.93. The van der Waals surface area contributed by atoms with Crippen LogP contribution < -0.4 is 10.6 Å². The second kappa shape index (κ2) is 7.61. The van der Waals surface area contributed by atoms with Gasteiger partial charge in [-0.25, -0.2) is 4.39 Å². The molecule has 3 rings (SSSR count). The van der Waals surface area contributed by atoms with Crippen LogP contribution in [-0.4, -0.2) is 28.4 Å². The van der Waals surface area contributed by atoms with Crippen LogP contribution in [0.2, 0.25) is 0 Å². The summed E-state index contributed by atoms with van der Waals surface area (Å²) >= 11 is 1.14. The quantitative estimate of drug-likeness (QED) is 0.882. The molecule has 0 unspecified atom stereocenters. The molecule has 1 amide bonds. The zero-order valence-corrected chi connectivity index (χ0v) is 13.5. The molecule has 1 saturated heterocycles. The Hall–Kier alpha value is -1.86. The summed E-state index contributed by atoms with van der Waals surface area (Å²) in [4.78, 5) is 16.3. The molecule has 0 saturated carbocycles. The van der Waals surface area contributed by atoms with Gasteiger partial charge in [-0.1, -0.05) is 0 Å². The van der Waals surface area contributed by atoms with E-state index in [2.05, 4.69) is 20.0 Å². The number of hydrogen-bond acceptors (Lipinski definition) is 5. The molecule has 1 fully saturated rings. The van der Waals surface area contributed by atoms with E-state index in [1.807, 2.05) is 0 Å². The number of rotatable bonds is 5. The van der Waals surface area contributed by atoms with Crippen LogP contribution in [0.4, 0.5) is 9.52 Å². The zero-order chi connectivity index (χ0) is 16.1. The highest BCUT2D eigenvalue weighted by molar-refractivity contribution is 7.10. The first kappa shape index (κ1) is 16.0. The van der Waals surface area contributed by atoms with E-state index in [0.29, 0.717) is 23.3 Å². The van der Waals surface area contributed by atoms with Crippen molar-refractivity contribution in [3.8, 4) is 11.4 Å². The fourth-order valence-electron chi connectivity index (χ4n) is 2.68. The number of halogens is 1. The first-order valence-electron chi connectivity index (χ1n) is 7.81. The first-order chi connectivity index (χ1) is 11.2. The number of piperidine rings is 1. The average molecular weight is 334 g/mol. The summed E-state index contributed by atoms with van der Waals surface area (Å²) in [6.45, 7) is 2.09. The minimum atomic E-state index is -0.296. The Labute approximate surface area is 138 Å². The van der Waals surface area contributed by atoms with Gasteiger partial charge in [0.25, 0.3) is 0 Å². The van der Waals surface area contributed by atoms with Gasteiger partial charge in [-0.15, -0.1) is 0 Å². The normalized spacial score (nSPS) is 15.5. The van der Waals surface area contributed by atoms with Crippen molar-refractivity contribution in [3.05, 3.63) is 30.1 Å². The van der Waals surface area contributed by atoms with Crippen LogP contribution >= 0.6 is 11.5 Å². The van der Waals surface area contributed by atoms with E-state index in [1.165, 1.54) is 12.1 Å². The van der Waals surface area contributed by atoms with E-state index >= 15 is 0 Å². The van der Waals surface area contributed by atoms with Gasteiger partial charge in [-0.05, 0) is 62.5 Å². The highest BCUT2D eigenvalue weighted by atomic mass is 32.1. The van der Waals surface area contributed by atoms with E-state index in [0.717, 1.165) is 49.4 Å². The van der Waals surface area contributed by atoms with Crippen LogP contribution in [0.25, 0.3) is 11.4 Å². The van der Waals surface area contributed by atoms with Gasteiger partial charge in [0.05, 0.1) is 0 Å². The molecule has 0 spiro atoms. The summed E-state index contributed by atoms with van der Waals surface area (Å²) in [5.74, 6) is 0.815. The molecule has 1 aromatic carbocycles. The molecule has 0 bridgehead atoms. The monoisotopic (exact) mass is 334 g/mol. The molecule has 2 heterocycles. The van der Waals surface area contributed by atoms with Crippen molar-refractivity contribution in [2.45, 2.75) is 25.7 Å². The third kappa shape index (κ3) is 4.56. The van der Waals surface area contributed by atoms with Crippen LogP contribution in [0.1, 0.15) is 25.7 Å². The van der Waals surface area contributed by atoms with Crippen LogP contribution in [0.3, 0.4) is 0 Å². The summed E-state index contributed by atoms with van der Waals surface area (Å²) in [7, 11) is 0. The maximum atomic E-state index is 12.9. The Kier molecular flexibility index (Phi) is 5.30. The number of amides is 1. The number of nitrogens with zero attached hydrogens (tertiary/aromatic N) is 2. The molecule has 2 N–H and O–H groups in total. The van der Waals surface area contributed by atoms with E-state index in [1.54, 1.807) is 12.1 Å². The molecule has 1 aliphatic heterocycles. The Morgan fingerprint density at radius 2 is 2.04 bits per heavy atom. The van der Waals surface area contributed by atoms with Gasteiger partial charge in [-0.3, -0.25) is 4.79 Å². The maximum absolute atomic E-state index is 12.9. The maximum Gasteiger partial charge on any atom is 0.226 e. The molecule has 5 nitrogen and oxygen atoms in total. The Bertz CT molecular complexity index is 652. The smallest absolute Gasteiger partial charge is 0.226 e. The fraction of sp³-hybridized carbons (Fsp3) is 0.438. The van der Waals surface area contributed by atoms with Gasteiger partial charge in [0.15, 0.2) is 5.82 Å². The Morgan fingerprint density at radius 1 is 1.30 bits per heavy atom. The van der Waals surface area contributed by atoms with E-state index < -0.39 is 0 Å². The predicted molar refractivity (Wildman–Crippen MR) is 88.8 cm³/mol. The number of carbonyl (C=O) groups is 1. The van der Waals surface area contributed by atoms with Crippen molar-refractivity contribution in [2.75, 3.05) is 18.4 Å². The minimum absolute atomic E-state index is 0.0228. The predicted octanol–water partition coefficient (Wildman–Crippen LogP) is 3.06. The number of aromatic nitrogens is 2. The fourth-order valence-corrected chi connectivity index (χ4v) is 3.28. The van der Waals surface area contributed by atoms with Crippen molar-refractivity contribution in [1.82, 2.24) is 14.7 Å². The zero-order valence-electron chi connectivity index (χ0n) is 12.7. The molecule has 122 valence electrons. The molecular weight excluding hydrogens is 315 g/mol. The summed E-state index contributed by atoms with van der Waals surface area (Å²) in [5, 5.41) is 6.61. The van der Waals surface area contributed by atoms with Crippen molar-refractivity contribution >= 4 is 22.6 Å². The van der Waals surface area contributed by atoms with Gasteiger partial charge in [0.2, 0.25) is 11.0 Å². The van der Waals surface area contributed by atoms with Gasteiger partial charge in [0.1, 0.15) is 5.82 Å². The van der Waals surface area contributed by atoms with Crippen molar-refractivity contribution in [3.63, 3.8) is 0 Å². The number of benzene rings is 1. The van der Waals surface area contributed by atoms with E-state index in [9.17, 15) is 9.18 Å².